The molecule has 0 aromatic rings. The monoisotopic (exact) mass is 418 g/mol. The Hall–Kier alpha value is -0.330. The molecule has 4 fully saturated rings. The van der Waals surface area contributed by atoms with Gasteiger partial charge in [0, 0.05) is 5.92 Å². The molecule has 0 N–H and O–H groups in total. The number of carbonyl (C=O) groups excluding carboxylic acids is 2. The fraction of sp³-hybridized carbons (Fsp3) is 0.882. The van der Waals surface area contributed by atoms with E-state index < -0.39 is 0 Å². The third-order valence-corrected chi connectivity index (χ3v) is 8.15. The number of hydrogen-bond acceptors (Lipinski definition) is 4. The molecule has 0 amide bonds. The van der Waals surface area contributed by atoms with Crippen LogP contribution in [0.4, 0.5) is 0 Å². The molecular weight excluding hydrogens is 395 g/mol. The topological polar surface area (TPSA) is 52.6 Å². The molecule has 0 spiro atoms. The number of halogens is 1. The van der Waals surface area contributed by atoms with E-state index in [0.29, 0.717) is 0 Å². The van der Waals surface area contributed by atoms with E-state index in [2.05, 4.69) is 29.5 Å². The maximum Gasteiger partial charge on any atom is 0.310 e. The van der Waals surface area contributed by atoms with Gasteiger partial charge in [-0.3, -0.25) is 9.59 Å². The SMILES string of the molecule is CCC1(OC(=O)C2C3CC4C(OC(=O)C42)C3I)CCCCC1. The normalized spacial score (nSPS) is 44.9. The van der Waals surface area contributed by atoms with Gasteiger partial charge in [-0.15, -0.1) is 0 Å². The van der Waals surface area contributed by atoms with Gasteiger partial charge in [-0.05, 0) is 44.4 Å². The molecule has 4 nitrogen and oxygen atoms in total. The van der Waals surface area contributed by atoms with E-state index in [-0.39, 0.29) is 51.2 Å². The van der Waals surface area contributed by atoms with Gasteiger partial charge in [0.1, 0.15) is 11.7 Å². The Morgan fingerprint density at radius 3 is 2.73 bits per heavy atom. The molecule has 5 heteroatoms. The molecule has 0 radical (unpaired) electrons. The summed E-state index contributed by atoms with van der Waals surface area (Å²) in [6, 6.07) is 0. The van der Waals surface area contributed by atoms with Crippen molar-refractivity contribution in [3.63, 3.8) is 0 Å². The van der Waals surface area contributed by atoms with Crippen LogP contribution < -0.4 is 0 Å². The first-order valence-corrected chi connectivity index (χ1v) is 9.88. The quantitative estimate of drug-likeness (QED) is 0.401. The van der Waals surface area contributed by atoms with Gasteiger partial charge in [0.2, 0.25) is 0 Å². The third kappa shape index (κ3) is 2.06. The average molecular weight is 418 g/mol. The van der Waals surface area contributed by atoms with E-state index in [1.165, 1.54) is 6.42 Å². The zero-order chi connectivity index (χ0) is 15.5. The molecule has 2 bridgehead atoms. The summed E-state index contributed by atoms with van der Waals surface area (Å²) >= 11 is 2.37. The van der Waals surface area contributed by atoms with E-state index in [1.54, 1.807) is 0 Å². The summed E-state index contributed by atoms with van der Waals surface area (Å²) in [4.78, 5) is 25.1. The van der Waals surface area contributed by atoms with Crippen LogP contribution in [0.3, 0.4) is 0 Å². The highest BCUT2D eigenvalue weighted by Crippen LogP contribution is 2.60. The van der Waals surface area contributed by atoms with Gasteiger partial charge in [-0.25, -0.2) is 0 Å². The van der Waals surface area contributed by atoms with Crippen molar-refractivity contribution in [1.82, 2.24) is 0 Å². The van der Waals surface area contributed by atoms with E-state index in [1.807, 2.05) is 0 Å². The molecule has 22 heavy (non-hydrogen) atoms. The average Bonchev–Trinajstić information content (AvgIpc) is 3.12. The van der Waals surface area contributed by atoms with Crippen molar-refractivity contribution in [2.75, 3.05) is 0 Å². The summed E-state index contributed by atoms with van der Waals surface area (Å²) in [5, 5.41) is 0. The number of esters is 2. The van der Waals surface area contributed by atoms with E-state index >= 15 is 0 Å². The van der Waals surface area contributed by atoms with Crippen LogP contribution in [0.25, 0.3) is 0 Å². The van der Waals surface area contributed by atoms with Crippen molar-refractivity contribution in [1.29, 1.82) is 0 Å². The van der Waals surface area contributed by atoms with E-state index in [9.17, 15) is 9.59 Å². The van der Waals surface area contributed by atoms with Crippen LogP contribution >= 0.6 is 22.6 Å². The number of alkyl halides is 1. The Morgan fingerprint density at radius 2 is 2.05 bits per heavy atom. The van der Waals surface area contributed by atoms with E-state index in [4.69, 9.17) is 9.47 Å². The summed E-state index contributed by atoms with van der Waals surface area (Å²) in [6.07, 6.45) is 7.34. The van der Waals surface area contributed by atoms with Gasteiger partial charge < -0.3 is 9.47 Å². The molecule has 1 saturated heterocycles. The Bertz CT molecular complexity index is 499. The largest absolute Gasteiger partial charge is 0.461 e. The Kier molecular flexibility index (Phi) is 3.70. The first-order chi connectivity index (χ1) is 10.6. The lowest BCUT2D eigenvalue weighted by Gasteiger charge is -2.38. The van der Waals surface area contributed by atoms with Crippen LogP contribution in [0.5, 0.6) is 0 Å². The van der Waals surface area contributed by atoms with Gasteiger partial charge in [0.05, 0.1) is 15.8 Å². The van der Waals surface area contributed by atoms with Gasteiger partial charge in [-0.2, -0.15) is 0 Å². The maximum atomic E-state index is 12.9. The van der Waals surface area contributed by atoms with Gasteiger partial charge in [0.25, 0.3) is 0 Å². The molecule has 0 aromatic carbocycles. The smallest absolute Gasteiger partial charge is 0.310 e. The minimum absolute atomic E-state index is 0.0435. The van der Waals surface area contributed by atoms with Crippen LogP contribution in [-0.4, -0.2) is 27.6 Å². The second-order valence-electron chi connectivity index (χ2n) is 7.48. The molecule has 3 aliphatic carbocycles. The summed E-state index contributed by atoms with van der Waals surface area (Å²) < 4.78 is 11.9. The van der Waals surface area contributed by atoms with Gasteiger partial charge >= 0.3 is 11.9 Å². The van der Waals surface area contributed by atoms with Crippen LogP contribution in [0.15, 0.2) is 0 Å². The maximum absolute atomic E-state index is 12.9. The molecule has 0 aromatic heterocycles. The summed E-state index contributed by atoms with van der Waals surface area (Å²) in [5.41, 5.74) is -0.278. The van der Waals surface area contributed by atoms with Gasteiger partial charge in [-0.1, -0.05) is 35.9 Å². The lowest BCUT2D eigenvalue weighted by Crippen LogP contribution is -2.44. The third-order valence-electron chi connectivity index (χ3n) is 6.52. The van der Waals surface area contributed by atoms with Crippen molar-refractivity contribution < 1.29 is 19.1 Å². The Labute approximate surface area is 144 Å². The first-order valence-electron chi connectivity index (χ1n) is 8.64. The minimum Gasteiger partial charge on any atom is -0.461 e. The molecule has 6 atom stereocenters. The number of carbonyl (C=O) groups is 2. The van der Waals surface area contributed by atoms with Crippen molar-refractivity contribution in [3.05, 3.63) is 0 Å². The predicted octanol–water partition coefficient (Wildman–Crippen LogP) is 3.25. The summed E-state index contributed by atoms with van der Waals surface area (Å²) in [7, 11) is 0. The molecule has 4 rings (SSSR count). The highest BCUT2D eigenvalue weighted by molar-refractivity contribution is 14.1. The number of hydrogen-bond donors (Lipinski definition) is 0. The molecule has 6 unspecified atom stereocenters. The standard InChI is InChI=1S/C17H23IO4/c1-2-17(6-4-3-5-7-17)22-16(20)11-9-8-10-12(11)15(19)21-14(10)13(9)18/h9-14H,2-8H2,1H3. The zero-order valence-corrected chi connectivity index (χ0v) is 15.1. The fourth-order valence-corrected chi connectivity index (χ4v) is 6.72. The molecule has 3 saturated carbocycles. The van der Waals surface area contributed by atoms with Crippen LogP contribution in [0, 0.1) is 23.7 Å². The first kappa shape index (κ1) is 15.2. The van der Waals surface area contributed by atoms with Crippen LogP contribution in [-0.2, 0) is 19.1 Å². The molecule has 1 aliphatic heterocycles. The lowest BCUT2D eigenvalue weighted by atomic mass is 9.79. The highest BCUT2D eigenvalue weighted by Gasteiger charge is 2.68. The zero-order valence-electron chi connectivity index (χ0n) is 12.9. The minimum atomic E-state index is -0.278. The van der Waals surface area contributed by atoms with Crippen molar-refractivity contribution >= 4 is 34.5 Å². The van der Waals surface area contributed by atoms with Crippen molar-refractivity contribution in [3.8, 4) is 0 Å². The number of ether oxygens (including phenoxy) is 2. The summed E-state index contributed by atoms with van der Waals surface area (Å²) in [6.45, 7) is 2.11. The lowest BCUT2D eigenvalue weighted by molar-refractivity contribution is -0.173. The summed E-state index contributed by atoms with van der Waals surface area (Å²) in [5.74, 6) is -0.263. The van der Waals surface area contributed by atoms with Crippen LogP contribution in [0.2, 0.25) is 0 Å². The molecule has 4 aliphatic rings. The molecular formula is C17H23IO4. The highest BCUT2D eigenvalue weighted by atomic mass is 127. The Balaban J connectivity index is 1.54. The predicted molar refractivity (Wildman–Crippen MR) is 88.5 cm³/mol. The molecule has 122 valence electrons. The van der Waals surface area contributed by atoms with Crippen molar-refractivity contribution in [2.45, 2.75) is 67.5 Å². The number of fused-ring (bicyclic) bond motifs is 1. The van der Waals surface area contributed by atoms with E-state index in [0.717, 1.165) is 38.5 Å². The van der Waals surface area contributed by atoms with Crippen LogP contribution in [0.1, 0.15) is 51.9 Å². The Morgan fingerprint density at radius 1 is 1.32 bits per heavy atom. The van der Waals surface area contributed by atoms with Gasteiger partial charge in [0.15, 0.2) is 0 Å². The second kappa shape index (κ2) is 5.35. The molecule has 1 heterocycles. The van der Waals surface area contributed by atoms with Crippen molar-refractivity contribution in [2.24, 2.45) is 23.7 Å². The fourth-order valence-electron chi connectivity index (χ4n) is 5.30. The second-order valence-corrected chi connectivity index (χ2v) is 8.92. The number of rotatable bonds is 3.